The van der Waals surface area contributed by atoms with Crippen molar-refractivity contribution in [3.05, 3.63) is 26.6 Å². The maximum absolute atomic E-state index is 12.0. The molecule has 14 heavy (non-hydrogen) atoms. The SMILES string of the molecule is CCc1cc(Br)c(Br)cc1OC(F)F. The van der Waals surface area contributed by atoms with E-state index in [1.54, 1.807) is 6.07 Å². The standard InChI is InChI=1S/C9H8Br2F2O/c1-2-5-3-6(10)7(11)4-8(5)14-9(12)13/h3-4,9H,2H2,1H3. The Kier molecular flexibility index (Phi) is 4.31. The van der Waals surface area contributed by atoms with Crippen LogP contribution in [0.15, 0.2) is 21.1 Å². The number of hydrogen-bond donors (Lipinski definition) is 0. The number of alkyl halides is 2. The third-order valence-corrected chi connectivity index (χ3v) is 3.54. The van der Waals surface area contributed by atoms with E-state index in [0.29, 0.717) is 10.9 Å². The first-order valence-corrected chi connectivity index (χ1v) is 5.56. The van der Waals surface area contributed by atoms with Gasteiger partial charge in [0.15, 0.2) is 0 Å². The Hall–Kier alpha value is -0.160. The van der Waals surface area contributed by atoms with E-state index in [0.717, 1.165) is 10.0 Å². The molecule has 0 aliphatic rings. The summed E-state index contributed by atoms with van der Waals surface area (Å²) in [5.74, 6) is 0.220. The second-order valence-electron chi connectivity index (χ2n) is 2.61. The zero-order valence-electron chi connectivity index (χ0n) is 7.36. The van der Waals surface area contributed by atoms with Crippen molar-refractivity contribution in [3.63, 3.8) is 0 Å². The highest BCUT2D eigenvalue weighted by Gasteiger charge is 2.11. The predicted octanol–water partition coefficient (Wildman–Crippen LogP) is 4.38. The van der Waals surface area contributed by atoms with Crippen molar-refractivity contribution in [2.75, 3.05) is 0 Å². The molecule has 0 aliphatic heterocycles. The van der Waals surface area contributed by atoms with Crippen molar-refractivity contribution in [2.24, 2.45) is 0 Å². The van der Waals surface area contributed by atoms with Gasteiger partial charge in [-0.3, -0.25) is 0 Å². The van der Waals surface area contributed by atoms with E-state index >= 15 is 0 Å². The lowest BCUT2D eigenvalue weighted by Gasteiger charge is -2.10. The monoisotopic (exact) mass is 328 g/mol. The molecule has 5 heteroatoms. The molecule has 0 bridgehead atoms. The van der Waals surface area contributed by atoms with E-state index in [4.69, 9.17) is 0 Å². The average Bonchev–Trinajstić information content (AvgIpc) is 2.10. The number of aryl methyl sites for hydroxylation is 1. The lowest BCUT2D eigenvalue weighted by Crippen LogP contribution is -2.04. The molecule has 1 rings (SSSR count). The van der Waals surface area contributed by atoms with Gasteiger partial charge in [0.25, 0.3) is 0 Å². The fourth-order valence-electron chi connectivity index (χ4n) is 1.05. The molecule has 0 radical (unpaired) electrons. The maximum atomic E-state index is 12.0. The number of rotatable bonds is 3. The van der Waals surface area contributed by atoms with Gasteiger partial charge in [0.05, 0.1) is 0 Å². The van der Waals surface area contributed by atoms with Crippen LogP contribution in [0.3, 0.4) is 0 Å². The van der Waals surface area contributed by atoms with E-state index < -0.39 is 6.61 Å². The second-order valence-corrected chi connectivity index (χ2v) is 4.31. The van der Waals surface area contributed by atoms with Crippen LogP contribution in [0.1, 0.15) is 12.5 Å². The second kappa shape index (κ2) is 5.07. The molecule has 0 atom stereocenters. The number of halogens is 4. The van der Waals surface area contributed by atoms with Crippen molar-refractivity contribution in [2.45, 2.75) is 20.0 Å². The third kappa shape index (κ3) is 2.92. The molecule has 78 valence electrons. The van der Waals surface area contributed by atoms with Crippen molar-refractivity contribution in [1.29, 1.82) is 0 Å². The van der Waals surface area contributed by atoms with Crippen LogP contribution in [-0.2, 0) is 6.42 Å². The Balaban J connectivity index is 3.07. The molecule has 0 aromatic heterocycles. The van der Waals surface area contributed by atoms with Crippen LogP contribution in [0.2, 0.25) is 0 Å². The molecular weight excluding hydrogens is 322 g/mol. The number of hydrogen-bond acceptors (Lipinski definition) is 1. The van der Waals surface area contributed by atoms with Gasteiger partial charge in [-0.1, -0.05) is 6.92 Å². The summed E-state index contributed by atoms with van der Waals surface area (Å²) in [5.41, 5.74) is 0.750. The predicted molar refractivity (Wildman–Crippen MR) is 57.9 cm³/mol. The van der Waals surface area contributed by atoms with Crippen LogP contribution in [0.25, 0.3) is 0 Å². The Morgan fingerprint density at radius 2 is 1.86 bits per heavy atom. The lowest BCUT2D eigenvalue weighted by atomic mass is 10.1. The van der Waals surface area contributed by atoms with Gasteiger partial charge in [-0.15, -0.1) is 0 Å². The van der Waals surface area contributed by atoms with Gasteiger partial charge in [0.1, 0.15) is 5.75 Å². The fourth-order valence-corrected chi connectivity index (χ4v) is 1.76. The third-order valence-electron chi connectivity index (χ3n) is 1.70. The minimum absolute atomic E-state index is 0.220. The molecule has 0 saturated heterocycles. The van der Waals surface area contributed by atoms with E-state index in [9.17, 15) is 8.78 Å². The summed E-state index contributed by atoms with van der Waals surface area (Å²) in [6, 6.07) is 3.30. The lowest BCUT2D eigenvalue weighted by molar-refractivity contribution is -0.0504. The minimum atomic E-state index is -2.78. The molecule has 0 amide bonds. The fraction of sp³-hybridized carbons (Fsp3) is 0.333. The summed E-state index contributed by atoms with van der Waals surface area (Å²) in [6.07, 6.45) is 0.647. The Labute approximate surface area is 97.7 Å². The Morgan fingerprint density at radius 3 is 2.36 bits per heavy atom. The summed E-state index contributed by atoms with van der Waals surface area (Å²) in [6.45, 7) is -0.901. The largest absolute Gasteiger partial charge is 0.435 e. The molecule has 0 saturated carbocycles. The summed E-state index contributed by atoms with van der Waals surface area (Å²) in [5, 5.41) is 0. The molecule has 0 aliphatic carbocycles. The topological polar surface area (TPSA) is 9.23 Å². The van der Waals surface area contributed by atoms with E-state index in [1.807, 2.05) is 6.92 Å². The number of ether oxygens (including phenoxy) is 1. The highest BCUT2D eigenvalue weighted by molar-refractivity contribution is 9.13. The molecule has 1 nitrogen and oxygen atoms in total. The quantitative estimate of drug-likeness (QED) is 0.799. The van der Waals surface area contributed by atoms with Crippen LogP contribution in [0.4, 0.5) is 8.78 Å². The van der Waals surface area contributed by atoms with E-state index in [2.05, 4.69) is 36.6 Å². The normalized spacial score (nSPS) is 10.7. The van der Waals surface area contributed by atoms with Gasteiger partial charge >= 0.3 is 6.61 Å². The smallest absolute Gasteiger partial charge is 0.387 e. The summed E-state index contributed by atoms with van der Waals surface area (Å²) < 4.78 is 30.0. The van der Waals surface area contributed by atoms with Crippen molar-refractivity contribution in [1.82, 2.24) is 0 Å². The summed E-state index contributed by atoms with van der Waals surface area (Å²) in [7, 11) is 0. The van der Waals surface area contributed by atoms with Crippen LogP contribution >= 0.6 is 31.9 Å². The van der Waals surface area contributed by atoms with Crippen LogP contribution < -0.4 is 4.74 Å². The van der Waals surface area contributed by atoms with Crippen LogP contribution in [0.5, 0.6) is 5.75 Å². The van der Waals surface area contributed by atoms with Crippen molar-refractivity contribution in [3.8, 4) is 5.75 Å². The molecule has 0 spiro atoms. The number of benzene rings is 1. The first kappa shape index (κ1) is 11.9. The average molecular weight is 330 g/mol. The van der Waals surface area contributed by atoms with Gasteiger partial charge in [0.2, 0.25) is 0 Å². The van der Waals surface area contributed by atoms with Crippen molar-refractivity contribution < 1.29 is 13.5 Å². The van der Waals surface area contributed by atoms with Crippen LogP contribution in [-0.4, -0.2) is 6.61 Å². The molecule has 0 unspecified atom stereocenters. The zero-order chi connectivity index (χ0) is 10.7. The molecule has 0 N–H and O–H groups in total. The van der Waals surface area contributed by atoms with E-state index in [1.165, 1.54) is 6.07 Å². The Bertz CT molecular complexity index is 329. The molecule has 1 aromatic carbocycles. The molecule has 1 aromatic rings. The summed E-state index contributed by atoms with van der Waals surface area (Å²) in [4.78, 5) is 0. The van der Waals surface area contributed by atoms with Crippen LogP contribution in [0, 0.1) is 0 Å². The first-order valence-electron chi connectivity index (χ1n) is 3.97. The molecule has 0 heterocycles. The maximum Gasteiger partial charge on any atom is 0.387 e. The Morgan fingerprint density at radius 1 is 1.29 bits per heavy atom. The van der Waals surface area contributed by atoms with Crippen molar-refractivity contribution >= 4 is 31.9 Å². The summed E-state index contributed by atoms with van der Waals surface area (Å²) >= 11 is 6.52. The molecule has 0 fully saturated rings. The van der Waals surface area contributed by atoms with Gasteiger partial charge < -0.3 is 4.74 Å². The van der Waals surface area contributed by atoms with Gasteiger partial charge in [0, 0.05) is 8.95 Å². The highest BCUT2D eigenvalue weighted by Crippen LogP contribution is 2.32. The zero-order valence-corrected chi connectivity index (χ0v) is 10.5. The van der Waals surface area contributed by atoms with Gasteiger partial charge in [-0.2, -0.15) is 8.78 Å². The molecular formula is C9H8Br2F2O. The first-order chi connectivity index (χ1) is 6.54. The van der Waals surface area contributed by atoms with Gasteiger partial charge in [-0.25, -0.2) is 0 Å². The minimum Gasteiger partial charge on any atom is -0.435 e. The van der Waals surface area contributed by atoms with Gasteiger partial charge in [-0.05, 0) is 56.0 Å². The van der Waals surface area contributed by atoms with E-state index in [-0.39, 0.29) is 5.75 Å². The highest BCUT2D eigenvalue weighted by atomic mass is 79.9.